The second-order valence-electron chi connectivity index (χ2n) is 13.5. The molecule has 0 atom stereocenters. The molecule has 9 aromatic rings. The van der Waals surface area contributed by atoms with Crippen molar-refractivity contribution in [1.29, 1.82) is 0 Å². The molecule has 48 heavy (non-hydrogen) atoms. The molecule has 10 rings (SSSR count). The fraction of sp³-hybridized carbons (Fsp3) is 0.0652. The lowest BCUT2D eigenvalue weighted by atomic mass is 9.79. The first-order valence-corrected chi connectivity index (χ1v) is 17.4. The zero-order valence-electron chi connectivity index (χ0n) is 26.8. The number of hydrogen-bond acceptors (Lipinski definition) is 2. The second kappa shape index (κ2) is 10.2. The number of rotatable bonds is 3. The van der Waals surface area contributed by atoms with Crippen molar-refractivity contribution < 1.29 is 0 Å². The van der Waals surface area contributed by atoms with Gasteiger partial charge < -0.3 is 0 Å². The molecule has 2 heteroatoms. The van der Waals surface area contributed by atoms with Crippen molar-refractivity contribution in [2.45, 2.75) is 19.3 Å². The van der Waals surface area contributed by atoms with Gasteiger partial charge in [0.15, 0.2) is 0 Å². The van der Waals surface area contributed by atoms with Gasteiger partial charge in [0.05, 0.1) is 10.2 Å². The van der Waals surface area contributed by atoms with E-state index in [1.54, 1.807) is 11.3 Å². The number of nitrogens with zero attached hydrogens (tertiary/aromatic N) is 1. The summed E-state index contributed by atoms with van der Waals surface area (Å²) in [6.45, 7) is 4.75. The molecule has 8 aromatic carbocycles. The Hall–Kier alpha value is -5.57. The molecule has 1 aliphatic carbocycles. The SMILES string of the molecule is CC1(C)c2ccccc2-c2cc3c(-c4ccc(-c5nc6ccccc6s5)cc4)c4ccccc4c(-c4ccc5ccccc5c4)c3cc21. The Balaban J connectivity index is 1.28. The predicted octanol–water partition coefficient (Wildman–Crippen LogP) is 13.1. The molecule has 0 saturated carbocycles. The topological polar surface area (TPSA) is 12.9 Å². The van der Waals surface area contributed by atoms with Crippen molar-refractivity contribution in [3.8, 4) is 44.0 Å². The van der Waals surface area contributed by atoms with E-state index in [-0.39, 0.29) is 5.41 Å². The molecule has 0 N–H and O–H groups in total. The molecular weight excluding hydrogens is 599 g/mol. The quantitative estimate of drug-likeness (QED) is 0.177. The highest BCUT2D eigenvalue weighted by atomic mass is 32.1. The first-order chi connectivity index (χ1) is 23.5. The third-order valence-corrected chi connectivity index (χ3v) is 11.6. The molecule has 226 valence electrons. The van der Waals surface area contributed by atoms with Crippen molar-refractivity contribution in [2.75, 3.05) is 0 Å². The normalized spacial score (nSPS) is 13.4. The molecule has 0 spiro atoms. The molecule has 1 aliphatic rings. The van der Waals surface area contributed by atoms with Gasteiger partial charge in [-0.05, 0) is 107 Å². The molecule has 0 saturated heterocycles. The van der Waals surface area contributed by atoms with Gasteiger partial charge in [-0.15, -0.1) is 11.3 Å². The summed E-state index contributed by atoms with van der Waals surface area (Å²) in [7, 11) is 0. The molecule has 0 amide bonds. The minimum Gasteiger partial charge on any atom is -0.236 e. The van der Waals surface area contributed by atoms with E-state index in [0.29, 0.717) is 0 Å². The standard InChI is InChI=1S/C46H31NS/c1-46(2)39-16-8-7-13-33(39)36-26-37-38(27-40(36)46)44(32-24-19-28-11-3-4-12-31(28)25-32)35-15-6-5-14-34(35)43(37)29-20-22-30(23-21-29)45-47-41-17-9-10-18-42(41)48-45/h3-27H,1-2H3. The van der Waals surface area contributed by atoms with Gasteiger partial charge in [0.25, 0.3) is 0 Å². The minimum absolute atomic E-state index is 0.0918. The number of hydrogen-bond donors (Lipinski definition) is 0. The van der Waals surface area contributed by atoms with Gasteiger partial charge in [-0.2, -0.15) is 0 Å². The van der Waals surface area contributed by atoms with Gasteiger partial charge in [-0.25, -0.2) is 4.98 Å². The number of aromatic nitrogens is 1. The largest absolute Gasteiger partial charge is 0.236 e. The van der Waals surface area contributed by atoms with Crippen LogP contribution in [0.4, 0.5) is 0 Å². The average molecular weight is 630 g/mol. The Morgan fingerprint density at radius 1 is 0.458 bits per heavy atom. The summed E-state index contributed by atoms with van der Waals surface area (Å²) in [4.78, 5) is 4.94. The second-order valence-corrected chi connectivity index (χ2v) is 14.6. The fourth-order valence-corrected chi connectivity index (χ4v) is 9.08. The van der Waals surface area contributed by atoms with E-state index >= 15 is 0 Å². The molecule has 1 nitrogen and oxygen atoms in total. The molecule has 0 fully saturated rings. The van der Waals surface area contributed by atoms with Crippen molar-refractivity contribution >= 4 is 53.9 Å². The van der Waals surface area contributed by atoms with Crippen LogP contribution in [0.5, 0.6) is 0 Å². The molecule has 0 unspecified atom stereocenters. The lowest BCUT2D eigenvalue weighted by molar-refractivity contribution is 0.661. The van der Waals surface area contributed by atoms with Crippen LogP contribution in [0.2, 0.25) is 0 Å². The molecule has 0 bridgehead atoms. The van der Waals surface area contributed by atoms with E-state index < -0.39 is 0 Å². The summed E-state index contributed by atoms with van der Waals surface area (Å²) < 4.78 is 1.22. The zero-order valence-corrected chi connectivity index (χ0v) is 27.6. The van der Waals surface area contributed by atoms with Crippen LogP contribution in [-0.2, 0) is 5.41 Å². The summed E-state index contributed by atoms with van der Waals surface area (Å²) in [6, 6.07) is 56.1. The maximum atomic E-state index is 4.94. The Labute approximate surface area is 283 Å². The maximum absolute atomic E-state index is 4.94. The van der Waals surface area contributed by atoms with Gasteiger partial charge in [0.2, 0.25) is 0 Å². The van der Waals surface area contributed by atoms with Crippen LogP contribution >= 0.6 is 11.3 Å². The predicted molar refractivity (Wildman–Crippen MR) is 206 cm³/mol. The highest BCUT2D eigenvalue weighted by Crippen LogP contribution is 2.53. The highest BCUT2D eigenvalue weighted by molar-refractivity contribution is 7.21. The van der Waals surface area contributed by atoms with Crippen molar-refractivity contribution in [1.82, 2.24) is 4.98 Å². The third-order valence-electron chi connectivity index (χ3n) is 10.5. The van der Waals surface area contributed by atoms with Gasteiger partial charge in [-0.1, -0.05) is 135 Å². The Kier molecular flexibility index (Phi) is 5.86. The van der Waals surface area contributed by atoms with Crippen LogP contribution in [0.1, 0.15) is 25.0 Å². The number of fused-ring (bicyclic) bond motifs is 7. The number of benzene rings is 8. The lowest BCUT2D eigenvalue weighted by Crippen LogP contribution is -2.14. The first kappa shape index (κ1) is 27.5. The Morgan fingerprint density at radius 3 is 1.90 bits per heavy atom. The van der Waals surface area contributed by atoms with Crippen molar-refractivity contribution in [2.24, 2.45) is 0 Å². The van der Waals surface area contributed by atoms with Crippen LogP contribution in [0.15, 0.2) is 152 Å². The molecular formula is C46H31NS. The van der Waals surface area contributed by atoms with E-state index in [4.69, 9.17) is 4.98 Å². The van der Waals surface area contributed by atoms with Crippen LogP contribution in [0, 0.1) is 0 Å². The van der Waals surface area contributed by atoms with E-state index in [1.807, 2.05) is 0 Å². The van der Waals surface area contributed by atoms with Gasteiger partial charge >= 0.3 is 0 Å². The zero-order chi connectivity index (χ0) is 32.0. The fourth-order valence-electron chi connectivity index (χ4n) is 8.11. The first-order valence-electron chi connectivity index (χ1n) is 16.6. The number of para-hydroxylation sites is 1. The molecule has 0 radical (unpaired) electrons. The molecule has 1 heterocycles. The van der Waals surface area contributed by atoms with Gasteiger partial charge in [-0.3, -0.25) is 0 Å². The van der Waals surface area contributed by atoms with E-state index in [0.717, 1.165) is 16.1 Å². The summed E-state index contributed by atoms with van der Waals surface area (Å²) in [6.07, 6.45) is 0. The summed E-state index contributed by atoms with van der Waals surface area (Å²) in [5.41, 5.74) is 12.6. The van der Waals surface area contributed by atoms with Gasteiger partial charge in [0, 0.05) is 11.0 Å². The maximum Gasteiger partial charge on any atom is 0.124 e. The van der Waals surface area contributed by atoms with Crippen LogP contribution in [0.3, 0.4) is 0 Å². The van der Waals surface area contributed by atoms with Crippen LogP contribution < -0.4 is 0 Å². The van der Waals surface area contributed by atoms with E-state index in [1.165, 1.54) is 81.5 Å². The molecule has 1 aromatic heterocycles. The summed E-state index contributed by atoms with van der Waals surface area (Å²) in [5.74, 6) is 0. The number of thiazole rings is 1. The Bertz CT molecular complexity index is 2710. The van der Waals surface area contributed by atoms with E-state index in [2.05, 4.69) is 166 Å². The highest BCUT2D eigenvalue weighted by Gasteiger charge is 2.36. The summed E-state index contributed by atoms with van der Waals surface area (Å²) in [5, 5.41) is 8.71. The van der Waals surface area contributed by atoms with Crippen LogP contribution in [0.25, 0.3) is 86.5 Å². The average Bonchev–Trinajstić information content (AvgIpc) is 3.66. The summed E-state index contributed by atoms with van der Waals surface area (Å²) >= 11 is 1.75. The monoisotopic (exact) mass is 629 g/mol. The van der Waals surface area contributed by atoms with E-state index in [9.17, 15) is 0 Å². The van der Waals surface area contributed by atoms with Crippen molar-refractivity contribution in [3.63, 3.8) is 0 Å². The van der Waals surface area contributed by atoms with Crippen LogP contribution in [-0.4, -0.2) is 4.98 Å². The van der Waals surface area contributed by atoms with Gasteiger partial charge in [0.1, 0.15) is 5.01 Å². The van der Waals surface area contributed by atoms with Crippen molar-refractivity contribution in [3.05, 3.63) is 163 Å². The lowest BCUT2D eigenvalue weighted by Gasteiger charge is -2.24. The Morgan fingerprint density at radius 2 is 1.08 bits per heavy atom. The molecule has 0 aliphatic heterocycles. The smallest absolute Gasteiger partial charge is 0.124 e. The minimum atomic E-state index is -0.0918. The third kappa shape index (κ3) is 4.00.